The third kappa shape index (κ3) is 4.27. The summed E-state index contributed by atoms with van der Waals surface area (Å²) in [5, 5.41) is 0. The van der Waals surface area contributed by atoms with Crippen LogP contribution in [-0.4, -0.2) is 81.0 Å². The molecule has 4 aliphatic heterocycles. The Morgan fingerprint density at radius 1 is 1.16 bits per heavy atom. The van der Waals surface area contributed by atoms with Crippen LogP contribution in [0.15, 0.2) is 29.4 Å². The van der Waals surface area contributed by atoms with Crippen LogP contribution in [0.1, 0.15) is 38.5 Å². The molecule has 5 heterocycles. The normalized spacial score (nSPS) is 30.6. The fourth-order valence-electron chi connectivity index (χ4n) is 5.95. The number of hydrogen-bond donors (Lipinski definition) is 1. The molecule has 3 amide bonds. The number of carbonyl (C=O) groups excluding carboxylic acids is 2. The van der Waals surface area contributed by atoms with Gasteiger partial charge in [-0.1, -0.05) is 4.21 Å². The molecule has 0 radical (unpaired) electrons. The van der Waals surface area contributed by atoms with E-state index in [4.69, 9.17) is 0 Å². The minimum absolute atomic E-state index is 0.0591. The summed E-state index contributed by atoms with van der Waals surface area (Å²) in [4.78, 5) is 35.5. The molecule has 0 saturated carbocycles. The predicted octanol–water partition coefficient (Wildman–Crippen LogP) is 1.49. The second-order valence-corrected chi connectivity index (χ2v) is 11.3. The van der Waals surface area contributed by atoms with Crippen molar-refractivity contribution in [2.24, 2.45) is 11.8 Å². The zero-order valence-corrected chi connectivity index (χ0v) is 19.0. The molecule has 9 nitrogen and oxygen atoms in total. The van der Waals surface area contributed by atoms with Crippen molar-refractivity contribution < 1.29 is 18.4 Å². The lowest BCUT2D eigenvalue weighted by Crippen LogP contribution is -2.62. The molecule has 10 heteroatoms. The summed E-state index contributed by atoms with van der Waals surface area (Å²) in [6.45, 7) is 3.29. The molecule has 0 aromatic carbocycles. The number of hydrogen-bond acceptors (Lipinski definition) is 5. The minimum atomic E-state index is -3.60. The van der Waals surface area contributed by atoms with Crippen LogP contribution in [0, 0.1) is 11.8 Å². The van der Waals surface area contributed by atoms with E-state index in [9.17, 15) is 18.4 Å². The van der Waals surface area contributed by atoms with Crippen molar-refractivity contribution >= 4 is 22.3 Å². The van der Waals surface area contributed by atoms with E-state index >= 15 is 0 Å². The highest BCUT2D eigenvalue weighted by Gasteiger charge is 2.45. The molecule has 0 spiro atoms. The van der Waals surface area contributed by atoms with Crippen LogP contribution in [0.3, 0.4) is 0 Å². The number of sulfonamides is 1. The number of fused-ring (bicyclic) bond motifs is 4. The van der Waals surface area contributed by atoms with E-state index in [1.807, 2.05) is 9.80 Å². The number of likely N-dealkylation sites (tertiary alicyclic amines) is 2. The van der Waals surface area contributed by atoms with Crippen molar-refractivity contribution in [3.63, 3.8) is 0 Å². The number of rotatable bonds is 3. The summed E-state index contributed by atoms with van der Waals surface area (Å²) >= 11 is 0. The molecular weight excluding hydrogens is 430 g/mol. The van der Waals surface area contributed by atoms with Gasteiger partial charge in [-0.05, 0) is 56.1 Å². The summed E-state index contributed by atoms with van der Waals surface area (Å²) in [6.07, 6.45) is 7.85. The highest BCUT2D eigenvalue weighted by Crippen LogP contribution is 2.38. The van der Waals surface area contributed by atoms with E-state index in [0.29, 0.717) is 50.7 Å². The number of nitrogens with one attached hydrogen (secondary N) is 1. The second-order valence-electron chi connectivity index (χ2n) is 9.63. The van der Waals surface area contributed by atoms with Gasteiger partial charge >= 0.3 is 6.03 Å². The molecule has 2 bridgehead atoms. The molecule has 5 rings (SSSR count). The topological polar surface area (TPSA) is 109 Å². The molecule has 0 aliphatic carbocycles. The number of urea groups is 1. The molecule has 1 aromatic heterocycles. The monoisotopic (exact) mass is 461 g/mol. The lowest BCUT2D eigenvalue weighted by atomic mass is 9.76. The summed E-state index contributed by atoms with van der Waals surface area (Å²) in [7, 11) is -3.60. The van der Waals surface area contributed by atoms with E-state index in [1.165, 1.54) is 12.3 Å². The first-order valence-electron chi connectivity index (χ1n) is 11.7. The number of nitrogens with zero attached hydrogens (tertiary/aromatic N) is 4. The lowest BCUT2D eigenvalue weighted by Gasteiger charge is -2.53. The van der Waals surface area contributed by atoms with Crippen molar-refractivity contribution in [2.45, 2.75) is 55.5 Å². The Hall–Kier alpha value is -2.04. The molecule has 3 unspecified atom stereocenters. The fraction of sp³-hybridized carbons (Fsp3) is 0.682. The number of amides is 3. The van der Waals surface area contributed by atoms with E-state index < -0.39 is 10.4 Å². The van der Waals surface area contributed by atoms with Gasteiger partial charge in [-0.3, -0.25) is 9.78 Å². The van der Waals surface area contributed by atoms with Gasteiger partial charge in [0.1, 0.15) is 0 Å². The predicted molar refractivity (Wildman–Crippen MR) is 117 cm³/mol. The smallest absolute Gasteiger partial charge is 0.320 e. The average Bonchev–Trinajstić information content (AvgIpc) is 2.80. The van der Waals surface area contributed by atoms with E-state index in [-0.39, 0.29) is 28.9 Å². The molecule has 1 aromatic rings. The Kier molecular flexibility index (Phi) is 5.94. The fourth-order valence-corrected chi connectivity index (χ4v) is 7.22. The summed E-state index contributed by atoms with van der Waals surface area (Å²) in [5.74, 6) is 1.02. The van der Waals surface area contributed by atoms with Crippen LogP contribution in [0.2, 0.25) is 0 Å². The van der Waals surface area contributed by atoms with Gasteiger partial charge < -0.3 is 19.3 Å². The average molecular weight is 462 g/mol. The van der Waals surface area contributed by atoms with E-state index in [2.05, 4.69) is 14.6 Å². The molecular formula is C22H31N5O4S. The maximum absolute atomic E-state index is 13.2. The van der Waals surface area contributed by atoms with Crippen LogP contribution < -0.4 is 4.72 Å². The largest absolute Gasteiger partial charge is 0.593 e. The molecule has 4 fully saturated rings. The van der Waals surface area contributed by atoms with Crippen LogP contribution in [0.4, 0.5) is 4.79 Å². The van der Waals surface area contributed by atoms with Crippen LogP contribution in [0.5, 0.6) is 0 Å². The highest BCUT2D eigenvalue weighted by molar-refractivity contribution is 7.95. The third-order valence-electron chi connectivity index (χ3n) is 7.48. The minimum Gasteiger partial charge on any atom is -0.593 e. The maximum atomic E-state index is 13.2. The van der Waals surface area contributed by atoms with Crippen molar-refractivity contribution in [3.8, 4) is 0 Å². The van der Waals surface area contributed by atoms with E-state index in [1.54, 1.807) is 12.3 Å². The SMILES string of the molecule is O=C(N1CCC(N[S+](=O)([O-])c2cccnc2)CC1)N1CC2CC(C1)[C@H]1CCCC(=O)N1C2. The zero-order valence-electron chi connectivity index (χ0n) is 18.2. The van der Waals surface area contributed by atoms with Gasteiger partial charge in [0, 0.05) is 51.4 Å². The Morgan fingerprint density at radius 2 is 1.97 bits per heavy atom. The first-order valence-corrected chi connectivity index (χ1v) is 13.1. The van der Waals surface area contributed by atoms with Gasteiger partial charge in [0.15, 0.2) is 15.3 Å². The van der Waals surface area contributed by atoms with Crippen LogP contribution >= 0.6 is 0 Å². The second kappa shape index (κ2) is 8.72. The lowest BCUT2D eigenvalue weighted by molar-refractivity contribution is -0.144. The summed E-state index contributed by atoms with van der Waals surface area (Å²) in [5.41, 5.74) is 0. The highest BCUT2D eigenvalue weighted by atomic mass is 32.3. The molecule has 174 valence electrons. The number of pyridine rings is 1. The first kappa shape index (κ1) is 21.8. The Morgan fingerprint density at radius 3 is 2.72 bits per heavy atom. The van der Waals surface area contributed by atoms with Gasteiger partial charge in [0.2, 0.25) is 5.91 Å². The quantitative estimate of drug-likeness (QED) is 0.686. The summed E-state index contributed by atoms with van der Waals surface area (Å²) < 4.78 is 27.9. The van der Waals surface area contributed by atoms with E-state index in [0.717, 1.165) is 32.4 Å². The first-order chi connectivity index (χ1) is 15.4. The zero-order chi connectivity index (χ0) is 22.3. The molecule has 1 N–H and O–H groups in total. The van der Waals surface area contributed by atoms with Gasteiger partial charge in [-0.25, -0.2) is 4.79 Å². The summed E-state index contributed by atoms with van der Waals surface area (Å²) in [6, 6.07) is 3.29. The van der Waals surface area contributed by atoms with Gasteiger partial charge in [-0.2, -0.15) is 0 Å². The van der Waals surface area contributed by atoms with Crippen molar-refractivity contribution in [3.05, 3.63) is 24.5 Å². The van der Waals surface area contributed by atoms with Crippen LogP contribution in [0.25, 0.3) is 0 Å². The number of aromatic nitrogens is 1. The number of piperidine rings is 4. The maximum Gasteiger partial charge on any atom is 0.320 e. The molecule has 32 heavy (non-hydrogen) atoms. The molecule has 4 saturated heterocycles. The standard InChI is InChI=1S/C22H31N5O4S/c28-21-5-1-4-20-17-11-16(14-27(20)21)13-26(15-17)22(29)25-9-6-18(7-10-25)24-32(30,31)19-3-2-8-23-12-19/h2-3,8,12,16-18,20H,1,4-7,9-11,13-15H2,(H-,24,30,31)/t16?,17?,20-/m1/s1. The Bertz CT molecular complexity index is 907. The van der Waals surface area contributed by atoms with Gasteiger partial charge in [0.25, 0.3) is 0 Å². The van der Waals surface area contributed by atoms with Gasteiger partial charge in [0.05, 0.1) is 12.2 Å². The van der Waals surface area contributed by atoms with Gasteiger partial charge in [-0.15, -0.1) is 4.72 Å². The number of carbonyl (C=O) groups is 2. The molecule has 4 aliphatic rings. The van der Waals surface area contributed by atoms with Crippen LogP contribution in [-0.2, 0) is 19.4 Å². The third-order valence-corrected chi connectivity index (χ3v) is 8.99. The molecule has 4 atom stereocenters. The Labute approximate surface area is 189 Å². The Balaban J connectivity index is 1.16. The van der Waals surface area contributed by atoms with Crippen molar-refractivity contribution in [2.75, 3.05) is 32.7 Å². The van der Waals surface area contributed by atoms with Crippen molar-refractivity contribution in [1.29, 1.82) is 0 Å². The van der Waals surface area contributed by atoms with Crippen molar-refractivity contribution in [1.82, 2.24) is 24.4 Å².